The van der Waals surface area contributed by atoms with Gasteiger partial charge in [-0.2, -0.15) is 0 Å². The van der Waals surface area contributed by atoms with Crippen LogP contribution in [0.25, 0.3) is 6.08 Å². The Hall–Kier alpha value is -2.22. The summed E-state index contributed by atoms with van der Waals surface area (Å²) in [6.07, 6.45) is 2.87. The van der Waals surface area contributed by atoms with Gasteiger partial charge < -0.3 is 0 Å². The van der Waals surface area contributed by atoms with Crippen LogP contribution in [0.1, 0.15) is 15.9 Å². The standard InChI is InChI=1S/C15H11FO/c16-14-9-5-4-6-12(14)10-11-15(17)13-7-2-1-3-8-13/h1-11H/b11-10+. The molecule has 0 aliphatic rings. The monoisotopic (exact) mass is 226 g/mol. The van der Waals surface area contributed by atoms with Gasteiger partial charge in [-0.05, 0) is 18.2 Å². The van der Waals surface area contributed by atoms with Crippen molar-refractivity contribution >= 4 is 11.9 Å². The smallest absolute Gasteiger partial charge is 0.185 e. The Kier molecular flexibility index (Phi) is 3.46. The molecule has 0 atom stereocenters. The average Bonchev–Trinajstić information content (AvgIpc) is 2.38. The van der Waals surface area contributed by atoms with Gasteiger partial charge in [-0.1, -0.05) is 48.5 Å². The predicted octanol–water partition coefficient (Wildman–Crippen LogP) is 3.72. The average molecular weight is 226 g/mol. The van der Waals surface area contributed by atoms with Crippen molar-refractivity contribution in [2.24, 2.45) is 0 Å². The quantitative estimate of drug-likeness (QED) is 0.575. The molecule has 0 amide bonds. The third kappa shape index (κ3) is 2.88. The van der Waals surface area contributed by atoms with Crippen molar-refractivity contribution in [1.82, 2.24) is 0 Å². The Morgan fingerprint density at radius 3 is 2.29 bits per heavy atom. The zero-order valence-corrected chi connectivity index (χ0v) is 9.14. The lowest BCUT2D eigenvalue weighted by Gasteiger charge is -1.96. The molecule has 2 aromatic rings. The second kappa shape index (κ2) is 5.21. The summed E-state index contributed by atoms with van der Waals surface area (Å²) in [6, 6.07) is 15.2. The van der Waals surface area contributed by atoms with Crippen LogP contribution in [-0.4, -0.2) is 5.78 Å². The Labute approximate surface area is 99.2 Å². The van der Waals surface area contributed by atoms with Gasteiger partial charge in [0, 0.05) is 11.1 Å². The van der Waals surface area contributed by atoms with E-state index < -0.39 is 0 Å². The highest BCUT2D eigenvalue weighted by atomic mass is 19.1. The topological polar surface area (TPSA) is 17.1 Å². The second-order valence-electron chi connectivity index (χ2n) is 3.59. The van der Waals surface area contributed by atoms with E-state index in [4.69, 9.17) is 0 Å². The molecule has 17 heavy (non-hydrogen) atoms. The third-order valence-electron chi connectivity index (χ3n) is 2.38. The van der Waals surface area contributed by atoms with E-state index in [1.807, 2.05) is 6.07 Å². The van der Waals surface area contributed by atoms with Crippen LogP contribution in [0.3, 0.4) is 0 Å². The van der Waals surface area contributed by atoms with Crippen molar-refractivity contribution in [3.05, 3.63) is 77.6 Å². The van der Waals surface area contributed by atoms with Gasteiger partial charge in [-0.25, -0.2) is 4.39 Å². The first kappa shape index (κ1) is 11.3. The minimum Gasteiger partial charge on any atom is -0.289 e. The first-order valence-electron chi connectivity index (χ1n) is 5.29. The number of benzene rings is 2. The minimum absolute atomic E-state index is 0.131. The molecule has 0 aromatic heterocycles. The van der Waals surface area contributed by atoms with Crippen molar-refractivity contribution in [3.8, 4) is 0 Å². The summed E-state index contributed by atoms with van der Waals surface area (Å²) < 4.78 is 13.3. The maximum Gasteiger partial charge on any atom is 0.185 e. The number of ketones is 1. The Balaban J connectivity index is 2.17. The molecule has 0 unspecified atom stereocenters. The number of hydrogen-bond acceptors (Lipinski definition) is 1. The summed E-state index contributed by atoms with van der Waals surface area (Å²) in [5, 5.41) is 0. The molecule has 1 nitrogen and oxygen atoms in total. The number of carbonyl (C=O) groups is 1. The number of rotatable bonds is 3. The number of hydrogen-bond donors (Lipinski definition) is 0. The van der Waals surface area contributed by atoms with Gasteiger partial charge >= 0.3 is 0 Å². The van der Waals surface area contributed by atoms with Gasteiger partial charge in [0.05, 0.1) is 0 Å². The summed E-state index contributed by atoms with van der Waals surface area (Å²) in [7, 11) is 0. The molecule has 0 N–H and O–H groups in total. The van der Waals surface area contributed by atoms with Crippen molar-refractivity contribution in [2.45, 2.75) is 0 Å². The molecule has 0 saturated carbocycles. The molecule has 2 rings (SSSR count). The Morgan fingerprint density at radius 1 is 0.941 bits per heavy atom. The van der Waals surface area contributed by atoms with Gasteiger partial charge in [0.15, 0.2) is 5.78 Å². The molecule has 0 aliphatic carbocycles. The molecule has 0 bridgehead atoms. The van der Waals surface area contributed by atoms with Crippen LogP contribution >= 0.6 is 0 Å². The highest BCUT2D eigenvalue weighted by Gasteiger charge is 2.00. The van der Waals surface area contributed by atoms with E-state index in [-0.39, 0.29) is 11.6 Å². The Morgan fingerprint density at radius 2 is 1.59 bits per heavy atom. The van der Waals surface area contributed by atoms with Crippen LogP contribution in [0.4, 0.5) is 4.39 Å². The van der Waals surface area contributed by atoms with Gasteiger partial charge in [0.1, 0.15) is 5.82 Å². The van der Waals surface area contributed by atoms with E-state index in [1.54, 1.807) is 42.5 Å². The third-order valence-corrected chi connectivity index (χ3v) is 2.38. The fourth-order valence-electron chi connectivity index (χ4n) is 1.47. The van der Waals surface area contributed by atoms with Crippen LogP contribution in [0.15, 0.2) is 60.7 Å². The number of allylic oxidation sites excluding steroid dienone is 1. The van der Waals surface area contributed by atoms with E-state index >= 15 is 0 Å². The SMILES string of the molecule is O=C(/C=C/c1ccccc1F)c1ccccc1. The first-order valence-corrected chi connectivity index (χ1v) is 5.29. The second-order valence-corrected chi connectivity index (χ2v) is 3.59. The summed E-state index contributed by atoms with van der Waals surface area (Å²) >= 11 is 0. The molecule has 0 saturated heterocycles. The van der Waals surface area contributed by atoms with E-state index in [0.717, 1.165) is 0 Å². The van der Waals surface area contributed by atoms with E-state index in [0.29, 0.717) is 11.1 Å². The molecule has 2 aromatic carbocycles. The van der Waals surface area contributed by atoms with E-state index in [1.165, 1.54) is 18.2 Å². The van der Waals surface area contributed by atoms with Crippen molar-refractivity contribution in [3.63, 3.8) is 0 Å². The lowest BCUT2D eigenvalue weighted by molar-refractivity contribution is 0.104. The van der Waals surface area contributed by atoms with E-state index in [2.05, 4.69) is 0 Å². The highest BCUT2D eigenvalue weighted by Crippen LogP contribution is 2.09. The van der Waals surface area contributed by atoms with Crippen molar-refractivity contribution in [2.75, 3.05) is 0 Å². The summed E-state index contributed by atoms with van der Waals surface area (Å²) in [6.45, 7) is 0. The molecule has 84 valence electrons. The van der Waals surface area contributed by atoms with Gasteiger partial charge in [0.2, 0.25) is 0 Å². The largest absolute Gasteiger partial charge is 0.289 e. The van der Waals surface area contributed by atoms with Crippen LogP contribution in [-0.2, 0) is 0 Å². The normalized spacial score (nSPS) is 10.6. The molecule has 0 spiro atoms. The fourth-order valence-corrected chi connectivity index (χ4v) is 1.47. The molecule has 2 heteroatoms. The van der Waals surface area contributed by atoms with Crippen molar-refractivity contribution in [1.29, 1.82) is 0 Å². The molecular formula is C15H11FO. The van der Waals surface area contributed by atoms with Gasteiger partial charge in [-0.15, -0.1) is 0 Å². The zero-order valence-electron chi connectivity index (χ0n) is 9.14. The van der Waals surface area contributed by atoms with Gasteiger partial charge in [0.25, 0.3) is 0 Å². The maximum atomic E-state index is 13.3. The molecule has 0 radical (unpaired) electrons. The summed E-state index contributed by atoms with van der Waals surface area (Å²) in [5.74, 6) is -0.460. The number of halogens is 1. The van der Waals surface area contributed by atoms with Crippen LogP contribution in [0.2, 0.25) is 0 Å². The van der Waals surface area contributed by atoms with E-state index in [9.17, 15) is 9.18 Å². The number of carbonyl (C=O) groups excluding carboxylic acids is 1. The Bertz CT molecular complexity index is 544. The molecule has 0 aliphatic heterocycles. The van der Waals surface area contributed by atoms with Crippen molar-refractivity contribution < 1.29 is 9.18 Å². The van der Waals surface area contributed by atoms with Gasteiger partial charge in [-0.3, -0.25) is 4.79 Å². The maximum absolute atomic E-state index is 13.3. The predicted molar refractivity (Wildman–Crippen MR) is 66.2 cm³/mol. The lowest BCUT2D eigenvalue weighted by Crippen LogP contribution is -1.93. The first-order chi connectivity index (χ1) is 8.27. The van der Waals surface area contributed by atoms with Crippen LogP contribution in [0, 0.1) is 5.82 Å². The summed E-state index contributed by atoms with van der Waals surface area (Å²) in [5.41, 5.74) is 1.01. The molecule has 0 fully saturated rings. The molecular weight excluding hydrogens is 215 g/mol. The zero-order chi connectivity index (χ0) is 12.1. The summed E-state index contributed by atoms with van der Waals surface area (Å²) in [4.78, 5) is 11.7. The highest BCUT2D eigenvalue weighted by molar-refractivity contribution is 6.06. The fraction of sp³-hybridized carbons (Fsp3) is 0. The molecule has 0 heterocycles. The van der Waals surface area contributed by atoms with Crippen LogP contribution < -0.4 is 0 Å². The lowest BCUT2D eigenvalue weighted by atomic mass is 10.1. The van der Waals surface area contributed by atoms with Crippen LogP contribution in [0.5, 0.6) is 0 Å². The minimum atomic E-state index is -0.329.